The zero-order valence-corrected chi connectivity index (χ0v) is 17.7. The van der Waals surface area contributed by atoms with Crippen LogP contribution in [-0.4, -0.2) is 44.3 Å². The lowest BCUT2D eigenvalue weighted by Crippen LogP contribution is -2.10. The van der Waals surface area contributed by atoms with Crippen LogP contribution in [-0.2, 0) is 0 Å². The van der Waals surface area contributed by atoms with Crippen molar-refractivity contribution >= 4 is 28.4 Å². The van der Waals surface area contributed by atoms with E-state index in [2.05, 4.69) is 58.0 Å². The van der Waals surface area contributed by atoms with E-state index in [1.807, 2.05) is 58.3 Å². The third-order valence-electron chi connectivity index (χ3n) is 5.01. The second-order valence-corrected chi connectivity index (χ2v) is 7.44. The van der Waals surface area contributed by atoms with Crippen molar-refractivity contribution in [1.29, 1.82) is 5.26 Å². The van der Waals surface area contributed by atoms with Crippen molar-refractivity contribution in [3.05, 3.63) is 101 Å². The Morgan fingerprint density at radius 1 is 0.900 bits per heavy atom. The number of anilines is 1. The van der Waals surface area contributed by atoms with E-state index in [1.165, 1.54) is 0 Å². The highest BCUT2D eigenvalue weighted by Gasteiger charge is 2.14. The van der Waals surface area contributed by atoms with E-state index in [4.69, 9.17) is 0 Å². The first-order valence-corrected chi connectivity index (χ1v) is 9.65. The second kappa shape index (κ2) is 9.05. The Morgan fingerprint density at radius 2 is 1.53 bits per heavy atom. The number of nitriles is 1. The van der Waals surface area contributed by atoms with Crippen LogP contribution in [0.4, 0.5) is 5.69 Å². The van der Waals surface area contributed by atoms with Gasteiger partial charge in [-0.1, -0.05) is 30.3 Å². The lowest BCUT2D eigenvalue weighted by Gasteiger charge is -2.17. The van der Waals surface area contributed by atoms with Crippen molar-refractivity contribution in [3.8, 4) is 6.07 Å². The Bertz CT molecular complexity index is 1150. The third kappa shape index (κ3) is 4.38. The quantitative estimate of drug-likeness (QED) is 0.436. The van der Waals surface area contributed by atoms with Gasteiger partial charge in [-0.15, -0.1) is 0 Å². The minimum atomic E-state index is 0.113. The molecule has 0 N–H and O–H groups in total. The molecule has 0 amide bonds. The minimum Gasteiger partial charge on any atom is -0.762 e. The van der Waals surface area contributed by atoms with Gasteiger partial charge < -0.3 is 10.3 Å². The second-order valence-electron chi connectivity index (χ2n) is 7.44. The molecule has 2 aromatic carbocycles. The maximum absolute atomic E-state index is 9.28. The topological polar surface area (TPSA) is 52.3 Å². The van der Waals surface area contributed by atoms with Crippen molar-refractivity contribution in [2.45, 2.75) is 0 Å². The van der Waals surface area contributed by atoms with Crippen LogP contribution in [0.5, 0.6) is 0 Å². The molecular weight excluding hydrogens is 368 g/mol. The first kappa shape index (κ1) is 20.8. The minimum absolute atomic E-state index is 0.113. The molecule has 4 heteroatoms. The third-order valence-corrected chi connectivity index (χ3v) is 5.01. The molecule has 2 aromatic rings. The Kier molecular flexibility index (Phi) is 6.27. The maximum atomic E-state index is 9.28. The van der Waals surface area contributed by atoms with E-state index in [9.17, 15) is 10.7 Å². The first-order valence-electron chi connectivity index (χ1n) is 9.65. The molecule has 148 valence electrons. The van der Waals surface area contributed by atoms with E-state index < -0.39 is 0 Å². The van der Waals surface area contributed by atoms with E-state index >= 15 is 0 Å². The molecular formula is C26H24N4. The molecule has 0 aromatic heterocycles. The highest BCUT2D eigenvalue weighted by molar-refractivity contribution is 6.04. The molecule has 3 rings (SSSR count). The van der Waals surface area contributed by atoms with Crippen LogP contribution in [0, 0.1) is 11.3 Å². The number of hydrogen-bond donors (Lipinski definition) is 0. The van der Waals surface area contributed by atoms with Gasteiger partial charge in [0.1, 0.15) is 20.2 Å². The summed E-state index contributed by atoms with van der Waals surface area (Å²) in [5, 5.41) is 18.6. The summed E-state index contributed by atoms with van der Waals surface area (Å²) in [6.07, 6.45) is 8.40. The fourth-order valence-corrected chi connectivity index (χ4v) is 3.34. The largest absolute Gasteiger partial charge is 0.762 e. The van der Waals surface area contributed by atoms with Crippen LogP contribution in [0.25, 0.3) is 16.6 Å². The van der Waals surface area contributed by atoms with Gasteiger partial charge in [0.2, 0.25) is 0 Å². The van der Waals surface area contributed by atoms with Gasteiger partial charge >= 0.3 is 0 Å². The zero-order chi connectivity index (χ0) is 21.7. The number of hydrogen-bond acceptors (Lipinski definition) is 2. The van der Waals surface area contributed by atoms with E-state index in [1.54, 1.807) is 6.07 Å². The molecule has 0 bridgehead atoms. The van der Waals surface area contributed by atoms with Crippen LogP contribution < -0.4 is 4.90 Å². The molecule has 0 atom stereocenters. The molecule has 0 heterocycles. The van der Waals surface area contributed by atoms with Gasteiger partial charge in [-0.3, -0.25) is 0 Å². The summed E-state index contributed by atoms with van der Waals surface area (Å²) >= 11 is 0. The van der Waals surface area contributed by atoms with E-state index in [0.717, 1.165) is 33.7 Å². The molecule has 0 unspecified atom stereocenters. The molecule has 30 heavy (non-hydrogen) atoms. The monoisotopic (exact) mass is 392 g/mol. The van der Waals surface area contributed by atoms with Crippen molar-refractivity contribution in [2.75, 3.05) is 33.1 Å². The average Bonchev–Trinajstić information content (AvgIpc) is 2.76. The summed E-state index contributed by atoms with van der Waals surface area (Å²) in [6, 6.07) is 18.0. The van der Waals surface area contributed by atoms with Gasteiger partial charge in [0.05, 0.1) is 5.57 Å². The number of allylic oxidation sites excluding steroid dienone is 6. The van der Waals surface area contributed by atoms with Gasteiger partial charge in [-0.2, -0.15) is 5.26 Å². The molecule has 0 saturated heterocycles. The maximum Gasteiger partial charge on any atom is 0.199 e. The highest BCUT2D eigenvalue weighted by atomic mass is 15.1. The number of rotatable bonds is 4. The molecule has 0 fully saturated rings. The van der Waals surface area contributed by atoms with Crippen LogP contribution in [0.15, 0.2) is 78.4 Å². The summed E-state index contributed by atoms with van der Waals surface area (Å²) < 4.78 is 2.07. The summed E-state index contributed by atoms with van der Waals surface area (Å²) in [5.41, 5.74) is 7.16. The van der Waals surface area contributed by atoms with Crippen molar-refractivity contribution in [3.63, 3.8) is 0 Å². The van der Waals surface area contributed by atoms with Crippen molar-refractivity contribution in [1.82, 2.24) is 0 Å². The number of nitrogens with zero attached hydrogens (tertiary/aromatic N) is 4. The zero-order valence-electron chi connectivity index (χ0n) is 17.7. The van der Waals surface area contributed by atoms with Gasteiger partial charge in [-0.25, -0.2) is 10.4 Å². The Balaban J connectivity index is 2.21. The normalized spacial score (nSPS) is 12.2. The fraction of sp³-hybridized carbons (Fsp3) is 0.154. The molecule has 1 aliphatic rings. The standard InChI is InChI=1S/C26H24N4/c1-29(2)24-12-8-19(9-13-24)26(20-10-14-25(15-11-20)30(3)4)22-7-5-6-21(16-22)23(17-27)18-28/h5-16H,1-4H3. The van der Waals surface area contributed by atoms with E-state index in [-0.39, 0.29) is 5.57 Å². The predicted molar refractivity (Wildman–Crippen MR) is 126 cm³/mol. The van der Waals surface area contributed by atoms with Crippen LogP contribution >= 0.6 is 0 Å². The summed E-state index contributed by atoms with van der Waals surface area (Å²) in [7, 11) is 8.07. The van der Waals surface area contributed by atoms with Crippen molar-refractivity contribution in [2.24, 2.45) is 0 Å². The lowest BCUT2D eigenvalue weighted by atomic mass is 9.89. The van der Waals surface area contributed by atoms with E-state index in [0.29, 0.717) is 5.56 Å². The fourth-order valence-electron chi connectivity index (χ4n) is 3.34. The Hall–Kier alpha value is -3.93. The molecule has 0 aliphatic heterocycles. The lowest BCUT2D eigenvalue weighted by molar-refractivity contribution is -0.462. The summed E-state index contributed by atoms with van der Waals surface area (Å²) in [6.45, 7) is 0. The first-order chi connectivity index (χ1) is 14.4. The molecule has 0 spiro atoms. The van der Waals surface area contributed by atoms with Gasteiger partial charge in [0.25, 0.3) is 0 Å². The van der Waals surface area contributed by atoms with Gasteiger partial charge in [0.15, 0.2) is 5.71 Å². The van der Waals surface area contributed by atoms with Gasteiger partial charge in [-0.05, 0) is 58.2 Å². The van der Waals surface area contributed by atoms with Crippen LogP contribution in [0.3, 0.4) is 0 Å². The van der Waals surface area contributed by atoms with Crippen LogP contribution in [0.2, 0.25) is 0 Å². The number of benzene rings is 2. The smallest absolute Gasteiger partial charge is 0.199 e. The summed E-state index contributed by atoms with van der Waals surface area (Å²) in [4.78, 5) is 2.07. The molecule has 0 radical (unpaired) electrons. The Labute approximate surface area is 178 Å². The molecule has 4 nitrogen and oxygen atoms in total. The van der Waals surface area contributed by atoms with Gasteiger partial charge in [0, 0.05) is 31.9 Å². The summed E-state index contributed by atoms with van der Waals surface area (Å²) in [5.74, 6) is 1.99. The highest BCUT2D eigenvalue weighted by Crippen LogP contribution is 2.32. The SMILES string of the molecule is CN(C)c1ccc(C(=C2C=CC(=[N+](C)C)C=C2)c2cccc(C(=C=[N-])C#N)c2)cc1. The average molecular weight is 393 g/mol. The predicted octanol–water partition coefficient (Wildman–Crippen LogP) is 4.54. The Morgan fingerprint density at radius 3 is 2.07 bits per heavy atom. The van der Waals surface area contributed by atoms with Crippen LogP contribution in [0.1, 0.15) is 16.7 Å². The molecule has 1 aliphatic carbocycles. The van der Waals surface area contributed by atoms with Crippen molar-refractivity contribution < 1.29 is 4.58 Å². The molecule has 0 saturated carbocycles.